The second-order valence-corrected chi connectivity index (χ2v) is 5.56. The van der Waals surface area contributed by atoms with Crippen LogP contribution in [0.4, 0.5) is 0 Å². The lowest BCUT2D eigenvalue weighted by molar-refractivity contribution is 0.0940. The average Bonchev–Trinajstić information content (AvgIpc) is 2.97. The van der Waals surface area contributed by atoms with Crippen LogP contribution in [0.25, 0.3) is 5.65 Å². The van der Waals surface area contributed by atoms with Crippen LogP contribution in [0.5, 0.6) is 5.75 Å². The number of fused-ring (bicyclic) bond motifs is 1. The van der Waals surface area contributed by atoms with Crippen LogP contribution < -0.4 is 10.1 Å². The number of hydrogen-bond donors (Lipinski definition) is 1. The maximum Gasteiger partial charge on any atom is 0.270 e. The minimum Gasteiger partial charge on any atom is -0.492 e. The lowest BCUT2D eigenvalue weighted by Gasteiger charge is -2.08. The molecule has 0 unspecified atom stereocenters. The highest BCUT2D eigenvalue weighted by atomic mass is 35.5. The molecule has 0 atom stereocenters. The van der Waals surface area contributed by atoms with Crippen LogP contribution in [-0.4, -0.2) is 33.4 Å². The second kappa shape index (κ2) is 7.31. The van der Waals surface area contributed by atoms with Crippen LogP contribution in [0.2, 0.25) is 5.02 Å². The summed E-state index contributed by atoms with van der Waals surface area (Å²) in [4.78, 5) is 20.9. The van der Waals surface area contributed by atoms with Gasteiger partial charge in [-0.25, -0.2) is 4.98 Å². The zero-order valence-corrected chi connectivity index (χ0v) is 14.0. The first kappa shape index (κ1) is 16.3. The molecule has 0 spiro atoms. The summed E-state index contributed by atoms with van der Waals surface area (Å²) >= 11 is 6.04. The Hall–Kier alpha value is -2.60. The predicted octanol–water partition coefficient (Wildman–Crippen LogP) is 2.75. The summed E-state index contributed by atoms with van der Waals surface area (Å²) in [5.41, 5.74) is 1.96. The Balaban J connectivity index is 1.68. The molecular formula is C17H17ClN4O2. The summed E-state index contributed by atoms with van der Waals surface area (Å²) < 4.78 is 7.26. The number of imidazole rings is 1. The standard InChI is InChI=1S/C17H17ClN4O2/c1-2-14-16(22-11-12(18)3-4-15(22)21-14)17(23)20-9-10-24-13-5-7-19-8-6-13/h3-8,11H,2,9-10H2,1H3,(H,20,23). The number of nitrogens with one attached hydrogen (secondary N) is 1. The first-order valence-electron chi connectivity index (χ1n) is 7.66. The van der Waals surface area contributed by atoms with Crippen molar-refractivity contribution in [3.63, 3.8) is 0 Å². The zero-order chi connectivity index (χ0) is 16.9. The van der Waals surface area contributed by atoms with Gasteiger partial charge in [0.25, 0.3) is 5.91 Å². The molecule has 1 N–H and O–H groups in total. The number of amides is 1. The van der Waals surface area contributed by atoms with Gasteiger partial charge in [-0.1, -0.05) is 18.5 Å². The Morgan fingerprint density at radius 3 is 2.83 bits per heavy atom. The largest absolute Gasteiger partial charge is 0.492 e. The molecule has 124 valence electrons. The van der Waals surface area contributed by atoms with Crippen LogP contribution in [0.1, 0.15) is 23.1 Å². The maximum absolute atomic E-state index is 12.5. The quantitative estimate of drug-likeness (QED) is 0.698. The molecule has 0 saturated carbocycles. The molecule has 24 heavy (non-hydrogen) atoms. The molecule has 0 aliphatic carbocycles. The first-order chi connectivity index (χ1) is 11.7. The van der Waals surface area contributed by atoms with Crippen LogP contribution >= 0.6 is 11.6 Å². The number of hydrogen-bond acceptors (Lipinski definition) is 4. The molecule has 3 aromatic rings. The van der Waals surface area contributed by atoms with E-state index in [9.17, 15) is 4.79 Å². The lowest BCUT2D eigenvalue weighted by Crippen LogP contribution is -2.29. The normalized spacial score (nSPS) is 10.8. The fourth-order valence-corrected chi connectivity index (χ4v) is 2.57. The van der Waals surface area contributed by atoms with E-state index < -0.39 is 0 Å². The van der Waals surface area contributed by atoms with Crippen molar-refractivity contribution >= 4 is 23.2 Å². The Kier molecular flexibility index (Phi) is 4.96. The highest BCUT2D eigenvalue weighted by molar-refractivity contribution is 6.30. The number of halogens is 1. The molecule has 3 aromatic heterocycles. The summed E-state index contributed by atoms with van der Waals surface area (Å²) in [5.74, 6) is 0.523. The molecule has 0 bridgehead atoms. The zero-order valence-electron chi connectivity index (χ0n) is 13.2. The number of carbonyl (C=O) groups excluding carboxylic acids is 1. The van der Waals surface area contributed by atoms with Gasteiger partial charge in [0.1, 0.15) is 23.7 Å². The fourth-order valence-electron chi connectivity index (χ4n) is 2.41. The number of rotatable bonds is 6. The molecule has 3 rings (SSSR count). The number of carbonyl (C=O) groups is 1. The second-order valence-electron chi connectivity index (χ2n) is 5.12. The summed E-state index contributed by atoms with van der Waals surface area (Å²) in [6, 6.07) is 7.09. The van der Waals surface area contributed by atoms with E-state index in [4.69, 9.17) is 16.3 Å². The van der Waals surface area contributed by atoms with E-state index in [1.54, 1.807) is 47.3 Å². The summed E-state index contributed by atoms with van der Waals surface area (Å²) in [7, 11) is 0. The number of ether oxygens (including phenoxy) is 1. The van der Waals surface area contributed by atoms with Crippen molar-refractivity contribution < 1.29 is 9.53 Å². The highest BCUT2D eigenvalue weighted by Crippen LogP contribution is 2.17. The van der Waals surface area contributed by atoms with Crippen molar-refractivity contribution in [2.24, 2.45) is 0 Å². The molecule has 0 aromatic carbocycles. The number of pyridine rings is 2. The van der Waals surface area contributed by atoms with E-state index in [2.05, 4.69) is 15.3 Å². The molecule has 0 radical (unpaired) electrons. The maximum atomic E-state index is 12.5. The Morgan fingerprint density at radius 1 is 1.29 bits per heavy atom. The van der Waals surface area contributed by atoms with Crippen LogP contribution in [0.3, 0.4) is 0 Å². The van der Waals surface area contributed by atoms with Gasteiger partial charge in [-0.05, 0) is 30.7 Å². The minimum absolute atomic E-state index is 0.194. The van der Waals surface area contributed by atoms with Gasteiger partial charge in [0.2, 0.25) is 0 Å². The van der Waals surface area contributed by atoms with Crippen LogP contribution in [0, 0.1) is 0 Å². The third kappa shape index (κ3) is 3.49. The van der Waals surface area contributed by atoms with Gasteiger partial charge in [0.15, 0.2) is 0 Å². The van der Waals surface area contributed by atoms with Gasteiger partial charge in [-0.3, -0.25) is 14.2 Å². The molecule has 3 heterocycles. The van der Waals surface area contributed by atoms with Gasteiger partial charge in [-0.2, -0.15) is 0 Å². The molecule has 0 saturated heterocycles. The number of nitrogens with zero attached hydrogens (tertiary/aromatic N) is 3. The fraction of sp³-hybridized carbons (Fsp3) is 0.235. The van der Waals surface area contributed by atoms with Crippen molar-refractivity contribution in [3.8, 4) is 5.75 Å². The van der Waals surface area contributed by atoms with Crippen molar-refractivity contribution in [2.45, 2.75) is 13.3 Å². The molecule has 0 aliphatic rings. The van der Waals surface area contributed by atoms with E-state index in [0.29, 0.717) is 35.9 Å². The smallest absolute Gasteiger partial charge is 0.270 e. The highest BCUT2D eigenvalue weighted by Gasteiger charge is 2.18. The van der Waals surface area contributed by atoms with Crippen LogP contribution in [0.15, 0.2) is 42.9 Å². The van der Waals surface area contributed by atoms with Crippen molar-refractivity contribution in [3.05, 3.63) is 59.3 Å². The van der Waals surface area contributed by atoms with Gasteiger partial charge < -0.3 is 10.1 Å². The van der Waals surface area contributed by atoms with Gasteiger partial charge in [0, 0.05) is 18.6 Å². The van der Waals surface area contributed by atoms with Gasteiger partial charge in [0.05, 0.1) is 17.3 Å². The number of aryl methyl sites for hydroxylation is 1. The van der Waals surface area contributed by atoms with Crippen LogP contribution in [-0.2, 0) is 6.42 Å². The Morgan fingerprint density at radius 2 is 2.08 bits per heavy atom. The molecule has 0 aliphatic heterocycles. The van der Waals surface area contributed by atoms with E-state index in [1.165, 1.54) is 0 Å². The van der Waals surface area contributed by atoms with E-state index in [0.717, 1.165) is 11.4 Å². The van der Waals surface area contributed by atoms with E-state index in [1.807, 2.05) is 6.92 Å². The van der Waals surface area contributed by atoms with Gasteiger partial charge >= 0.3 is 0 Å². The monoisotopic (exact) mass is 344 g/mol. The molecular weight excluding hydrogens is 328 g/mol. The third-order valence-corrected chi connectivity index (χ3v) is 3.73. The molecule has 6 nitrogen and oxygen atoms in total. The third-order valence-electron chi connectivity index (χ3n) is 3.51. The van der Waals surface area contributed by atoms with Gasteiger partial charge in [-0.15, -0.1) is 0 Å². The molecule has 1 amide bonds. The summed E-state index contributed by atoms with van der Waals surface area (Å²) in [6.45, 7) is 2.72. The molecule has 7 heteroatoms. The average molecular weight is 345 g/mol. The predicted molar refractivity (Wildman–Crippen MR) is 91.6 cm³/mol. The van der Waals surface area contributed by atoms with Crippen molar-refractivity contribution in [1.29, 1.82) is 0 Å². The van der Waals surface area contributed by atoms with E-state index >= 15 is 0 Å². The van der Waals surface area contributed by atoms with Crippen molar-refractivity contribution in [2.75, 3.05) is 13.2 Å². The lowest BCUT2D eigenvalue weighted by atomic mass is 10.2. The molecule has 0 fully saturated rings. The number of aromatic nitrogens is 3. The topological polar surface area (TPSA) is 68.5 Å². The SMILES string of the molecule is CCc1nc2ccc(Cl)cn2c1C(=O)NCCOc1ccncc1. The Bertz CT molecular complexity index is 848. The summed E-state index contributed by atoms with van der Waals surface area (Å²) in [5, 5.41) is 3.41. The first-order valence-corrected chi connectivity index (χ1v) is 8.04. The Labute approximate surface area is 144 Å². The summed E-state index contributed by atoms with van der Waals surface area (Å²) in [6.07, 6.45) is 5.67. The minimum atomic E-state index is -0.194. The van der Waals surface area contributed by atoms with E-state index in [-0.39, 0.29) is 5.91 Å². The van der Waals surface area contributed by atoms with Crippen molar-refractivity contribution in [1.82, 2.24) is 19.7 Å².